The minimum absolute atomic E-state index is 0.0328. The number of anilines is 1. The second-order valence-corrected chi connectivity index (χ2v) is 8.60. The van der Waals surface area contributed by atoms with Crippen molar-refractivity contribution in [3.8, 4) is 5.69 Å². The van der Waals surface area contributed by atoms with Gasteiger partial charge in [-0.25, -0.2) is 0 Å². The van der Waals surface area contributed by atoms with E-state index in [0.717, 1.165) is 56.7 Å². The van der Waals surface area contributed by atoms with Gasteiger partial charge in [-0.15, -0.1) is 5.10 Å². The number of rotatable bonds is 8. The fraction of sp³-hybridized carbons (Fsp3) is 0.370. The van der Waals surface area contributed by atoms with E-state index in [-0.39, 0.29) is 17.4 Å². The maximum absolute atomic E-state index is 12.6. The van der Waals surface area contributed by atoms with Crippen LogP contribution in [0.3, 0.4) is 0 Å². The molecule has 172 valence electrons. The molecular weight excluding hydrogens is 412 g/mol. The van der Waals surface area contributed by atoms with Crippen LogP contribution in [0, 0.1) is 5.92 Å². The van der Waals surface area contributed by atoms with Gasteiger partial charge in [-0.05, 0) is 61.4 Å². The Morgan fingerprint density at radius 1 is 0.970 bits per heavy atom. The Morgan fingerprint density at radius 2 is 1.70 bits per heavy atom. The first-order valence-electron chi connectivity index (χ1n) is 11.9. The average molecular weight is 445 g/mol. The lowest BCUT2D eigenvalue weighted by molar-refractivity contribution is -0.125. The molecule has 0 atom stereocenters. The Kier molecular flexibility index (Phi) is 7.55. The van der Waals surface area contributed by atoms with Gasteiger partial charge in [0, 0.05) is 31.6 Å². The van der Waals surface area contributed by atoms with Gasteiger partial charge in [-0.2, -0.15) is 4.68 Å². The molecule has 1 aliphatic heterocycles. The summed E-state index contributed by atoms with van der Waals surface area (Å²) in [5.74, 6) is 0.956. The lowest BCUT2D eigenvalue weighted by atomic mass is 9.96. The third kappa shape index (κ3) is 5.89. The maximum Gasteiger partial charge on any atom is 0.271 e. The molecule has 0 bridgehead atoms. The van der Waals surface area contributed by atoms with Crippen LogP contribution < -0.4 is 15.8 Å². The van der Waals surface area contributed by atoms with Crippen molar-refractivity contribution < 1.29 is 4.79 Å². The standard InChI is InChI=1S/C27H32N4O2/c1-2-21-10-12-24(13-11-21)31-26(32)15-14-25(29-31)30-19-16-23(17-20-30)27(33)28-18-6-9-22-7-4-3-5-8-22/h3-5,7-8,10-15,23H,2,6,9,16-20H2,1H3,(H,28,33). The highest BCUT2D eigenvalue weighted by Gasteiger charge is 2.25. The molecule has 4 rings (SSSR count). The predicted molar refractivity (Wildman–Crippen MR) is 132 cm³/mol. The molecule has 1 N–H and O–H groups in total. The van der Waals surface area contributed by atoms with Crippen molar-refractivity contribution in [1.82, 2.24) is 15.1 Å². The number of nitrogens with zero attached hydrogens (tertiary/aromatic N) is 3. The van der Waals surface area contributed by atoms with E-state index in [1.54, 1.807) is 12.1 Å². The number of aromatic nitrogens is 2. The Bertz CT molecular complexity index is 1100. The molecule has 1 aromatic heterocycles. The summed E-state index contributed by atoms with van der Waals surface area (Å²) >= 11 is 0. The first kappa shape index (κ1) is 22.8. The number of aryl methyl sites for hydroxylation is 2. The highest BCUT2D eigenvalue weighted by molar-refractivity contribution is 5.78. The molecule has 0 unspecified atom stereocenters. The number of benzene rings is 2. The maximum atomic E-state index is 12.6. The lowest BCUT2D eigenvalue weighted by Gasteiger charge is -2.32. The normalized spacial score (nSPS) is 14.3. The van der Waals surface area contributed by atoms with Crippen LogP contribution in [0.2, 0.25) is 0 Å². The first-order valence-corrected chi connectivity index (χ1v) is 11.9. The van der Waals surface area contributed by atoms with E-state index in [1.165, 1.54) is 15.8 Å². The van der Waals surface area contributed by atoms with Gasteiger partial charge in [-0.1, -0.05) is 49.4 Å². The van der Waals surface area contributed by atoms with Crippen LogP contribution in [0.4, 0.5) is 5.82 Å². The molecule has 1 saturated heterocycles. The molecule has 33 heavy (non-hydrogen) atoms. The Hall–Kier alpha value is -3.41. The van der Waals surface area contributed by atoms with E-state index in [9.17, 15) is 9.59 Å². The molecule has 3 aromatic rings. The number of nitrogens with one attached hydrogen (secondary N) is 1. The fourth-order valence-electron chi connectivity index (χ4n) is 4.29. The Balaban J connectivity index is 1.29. The quantitative estimate of drug-likeness (QED) is 0.537. The molecule has 1 aliphatic rings. The number of hydrogen-bond acceptors (Lipinski definition) is 4. The van der Waals surface area contributed by atoms with Gasteiger partial charge in [0.05, 0.1) is 5.69 Å². The van der Waals surface area contributed by atoms with Crippen LogP contribution in [0.5, 0.6) is 0 Å². The summed E-state index contributed by atoms with van der Waals surface area (Å²) < 4.78 is 1.46. The zero-order chi connectivity index (χ0) is 23.0. The van der Waals surface area contributed by atoms with Crippen LogP contribution in [-0.4, -0.2) is 35.3 Å². The number of carbonyl (C=O) groups is 1. The van der Waals surface area contributed by atoms with Crippen LogP contribution in [0.1, 0.15) is 37.3 Å². The van der Waals surface area contributed by atoms with E-state index in [2.05, 4.69) is 34.4 Å². The molecule has 2 aromatic carbocycles. The van der Waals surface area contributed by atoms with Gasteiger partial charge in [0.15, 0.2) is 0 Å². The predicted octanol–water partition coefficient (Wildman–Crippen LogP) is 3.76. The number of piperidine rings is 1. The number of hydrogen-bond donors (Lipinski definition) is 1. The lowest BCUT2D eigenvalue weighted by Crippen LogP contribution is -2.41. The van der Waals surface area contributed by atoms with Crippen molar-refractivity contribution in [2.45, 2.75) is 39.0 Å². The first-order chi connectivity index (χ1) is 16.1. The summed E-state index contributed by atoms with van der Waals surface area (Å²) in [6, 6.07) is 21.6. The van der Waals surface area contributed by atoms with Crippen LogP contribution >= 0.6 is 0 Å². The highest BCUT2D eigenvalue weighted by atomic mass is 16.2. The SMILES string of the molecule is CCc1ccc(-n2nc(N3CCC(C(=O)NCCCc4ccccc4)CC3)ccc2=O)cc1. The highest BCUT2D eigenvalue weighted by Crippen LogP contribution is 2.22. The van der Waals surface area contributed by atoms with Crippen molar-refractivity contribution in [1.29, 1.82) is 0 Å². The van der Waals surface area contributed by atoms with Gasteiger partial charge in [-0.3, -0.25) is 9.59 Å². The third-order valence-electron chi connectivity index (χ3n) is 6.35. The number of carbonyl (C=O) groups excluding carboxylic acids is 1. The Labute approximate surface area is 195 Å². The molecule has 2 heterocycles. The van der Waals surface area contributed by atoms with Crippen LogP contribution in [0.25, 0.3) is 5.69 Å². The molecule has 0 spiro atoms. The smallest absolute Gasteiger partial charge is 0.271 e. The largest absolute Gasteiger partial charge is 0.356 e. The summed E-state index contributed by atoms with van der Waals surface area (Å²) in [6.07, 6.45) is 4.45. The van der Waals surface area contributed by atoms with Crippen molar-refractivity contribution in [3.05, 3.63) is 88.2 Å². The van der Waals surface area contributed by atoms with Crippen LogP contribution in [0.15, 0.2) is 71.5 Å². The van der Waals surface area contributed by atoms with Gasteiger partial charge in [0.2, 0.25) is 5.91 Å². The van der Waals surface area contributed by atoms with Gasteiger partial charge >= 0.3 is 0 Å². The molecule has 0 radical (unpaired) electrons. The summed E-state index contributed by atoms with van der Waals surface area (Å²) in [4.78, 5) is 27.2. The van der Waals surface area contributed by atoms with Crippen LogP contribution in [-0.2, 0) is 17.6 Å². The van der Waals surface area contributed by atoms with Gasteiger partial charge < -0.3 is 10.2 Å². The minimum atomic E-state index is -0.146. The zero-order valence-corrected chi connectivity index (χ0v) is 19.2. The van der Waals surface area contributed by atoms with Crippen molar-refractivity contribution >= 4 is 11.7 Å². The summed E-state index contributed by atoms with van der Waals surface area (Å²) in [7, 11) is 0. The summed E-state index contributed by atoms with van der Waals surface area (Å²) in [5.41, 5.74) is 3.15. The summed E-state index contributed by atoms with van der Waals surface area (Å²) in [6.45, 7) is 4.32. The molecule has 1 fully saturated rings. The monoisotopic (exact) mass is 444 g/mol. The van der Waals surface area contributed by atoms with Gasteiger partial charge in [0.1, 0.15) is 5.82 Å². The van der Waals surface area contributed by atoms with Crippen molar-refractivity contribution in [3.63, 3.8) is 0 Å². The third-order valence-corrected chi connectivity index (χ3v) is 6.35. The second kappa shape index (κ2) is 10.9. The zero-order valence-electron chi connectivity index (χ0n) is 19.2. The topological polar surface area (TPSA) is 67.2 Å². The van der Waals surface area contributed by atoms with E-state index in [4.69, 9.17) is 0 Å². The molecule has 6 heteroatoms. The number of amides is 1. The Morgan fingerprint density at radius 3 is 2.39 bits per heavy atom. The van der Waals surface area contributed by atoms with Gasteiger partial charge in [0.25, 0.3) is 5.56 Å². The van der Waals surface area contributed by atoms with Crippen molar-refractivity contribution in [2.24, 2.45) is 5.92 Å². The molecular formula is C27H32N4O2. The van der Waals surface area contributed by atoms with E-state index in [0.29, 0.717) is 6.54 Å². The molecule has 1 amide bonds. The van der Waals surface area contributed by atoms with E-state index in [1.807, 2.05) is 42.5 Å². The second-order valence-electron chi connectivity index (χ2n) is 8.60. The van der Waals surface area contributed by atoms with E-state index < -0.39 is 0 Å². The van der Waals surface area contributed by atoms with Crippen molar-refractivity contribution in [2.75, 3.05) is 24.5 Å². The molecule has 0 aliphatic carbocycles. The summed E-state index contributed by atoms with van der Waals surface area (Å²) in [5, 5.41) is 7.72. The average Bonchev–Trinajstić information content (AvgIpc) is 2.87. The molecule has 0 saturated carbocycles. The molecule has 6 nitrogen and oxygen atoms in total. The fourth-order valence-corrected chi connectivity index (χ4v) is 4.29. The van der Waals surface area contributed by atoms with E-state index >= 15 is 0 Å². The minimum Gasteiger partial charge on any atom is -0.356 e.